The zero-order valence-electron chi connectivity index (χ0n) is 9.82. The largest absolute Gasteiger partial charge is 0.489 e. The molecule has 0 unspecified atom stereocenters. The van der Waals surface area contributed by atoms with Gasteiger partial charge >= 0.3 is 0 Å². The Morgan fingerprint density at radius 1 is 1.39 bits per heavy atom. The van der Waals surface area contributed by atoms with Crippen LogP contribution >= 0.6 is 27.5 Å². The average molecular weight is 332 g/mol. The lowest BCUT2D eigenvalue weighted by Crippen LogP contribution is -2.05. The van der Waals surface area contributed by atoms with Gasteiger partial charge < -0.3 is 9.47 Å². The fourth-order valence-electron chi connectivity index (χ4n) is 1.51. The second-order valence-electron chi connectivity index (χ2n) is 3.59. The van der Waals surface area contributed by atoms with Crippen molar-refractivity contribution in [2.75, 3.05) is 20.3 Å². The third kappa shape index (κ3) is 2.91. The first-order valence-electron chi connectivity index (χ1n) is 5.38. The molecule has 0 atom stereocenters. The van der Waals surface area contributed by atoms with Crippen molar-refractivity contribution in [1.29, 1.82) is 0 Å². The van der Waals surface area contributed by atoms with Crippen LogP contribution in [0.15, 0.2) is 18.3 Å². The molecule has 0 aliphatic rings. The SMILES string of the molecule is COCCOc1ccnc2cc(CBr)c(Cl)nc12. The van der Waals surface area contributed by atoms with E-state index in [1.165, 1.54) is 0 Å². The van der Waals surface area contributed by atoms with Crippen molar-refractivity contribution in [2.45, 2.75) is 5.33 Å². The highest BCUT2D eigenvalue weighted by Crippen LogP contribution is 2.27. The fourth-order valence-corrected chi connectivity index (χ4v) is 2.30. The quantitative estimate of drug-likeness (QED) is 0.479. The first kappa shape index (κ1) is 13.5. The van der Waals surface area contributed by atoms with Crippen molar-refractivity contribution in [3.63, 3.8) is 0 Å². The molecule has 0 aromatic carbocycles. The maximum atomic E-state index is 6.09. The predicted molar refractivity (Wildman–Crippen MR) is 74.6 cm³/mol. The number of halogens is 2. The van der Waals surface area contributed by atoms with E-state index >= 15 is 0 Å². The predicted octanol–water partition coefficient (Wildman–Crippen LogP) is 3.20. The smallest absolute Gasteiger partial charge is 0.148 e. The van der Waals surface area contributed by atoms with Gasteiger partial charge in [-0.3, -0.25) is 4.98 Å². The highest BCUT2D eigenvalue weighted by atomic mass is 79.9. The third-order valence-electron chi connectivity index (χ3n) is 2.39. The maximum Gasteiger partial charge on any atom is 0.148 e. The monoisotopic (exact) mass is 330 g/mol. The maximum absolute atomic E-state index is 6.09. The Hall–Kier alpha value is -0.910. The molecule has 0 bridgehead atoms. The van der Waals surface area contributed by atoms with Gasteiger partial charge in [0.25, 0.3) is 0 Å². The van der Waals surface area contributed by atoms with Crippen molar-refractivity contribution in [3.8, 4) is 5.75 Å². The van der Waals surface area contributed by atoms with E-state index in [2.05, 4.69) is 25.9 Å². The van der Waals surface area contributed by atoms with Crippen LogP contribution in [0.5, 0.6) is 5.75 Å². The van der Waals surface area contributed by atoms with Gasteiger partial charge in [0.05, 0.1) is 12.1 Å². The molecular formula is C12H12BrClN2O2. The Morgan fingerprint density at radius 2 is 2.22 bits per heavy atom. The normalized spacial score (nSPS) is 10.8. The zero-order valence-corrected chi connectivity index (χ0v) is 12.2. The van der Waals surface area contributed by atoms with Crippen molar-refractivity contribution < 1.29 is 9.47 Å². The molecule has 96 valence electrons. The Balaban J connectivity index is 2.39. The lowest BCUT2D eigenvalue weighted by Gasteiger charge is -2.09. The molecule has 18 heavy (non-hydrogen) atoms. The lowest BCUT2D eigenvalue weighted by molar-refractivity contribution is 0.147. The van der Waals surface area contributed by atoms with E-state index in [1.807, 2.05) is 6.07 Å². The Bertz CT molecular complexity index is 551. The van der Waals surface area contributed by atoms with E-state index in [4.69, 9.17) is 21.1 Å². The van der Waals surface area contributed by atoms with E-state index in [0.29, 0.717) is 35.0 Å². The molecule has 0 fully saturated rings. The van der Waals surface area contributed by atoms with Crippen molar-refractivity contribution >= 4 is 38.6 Å². The minimum absolute atomic E-state index is 0.462. The van der Waals surface area contributed by atoms with E-state index in [1.54, 1.807) is 19.4 Å². The van der Waals surface area contributed by atoms with Crippen LogP contribution < -0.4 is 4.74 Å². The Morgan fingerprint density at radius 3 is 2.94 bits per heavy atom. The number of aromatic nitrogens is 2. The van der Waals surface area contributed by atoms with Gasteiger partial charge in [0.15, 0.2) is 0 Å². The second kappa shape index (κ2) is 6.31. The summed E-state index contributed by atoms with van der Waals surface area (Å²) in [5.74, 6) is 0.667. The molecule has 0 saturated heterocycles. The molecule has 0 aliphatic heterocycles. The van der Waals surface area contributed by atoms with Gasteiger partial charge in [-0.05, 0) is 6.07 Å². The summed E-state index contributed by atoms with van der Waals surface area (Å²) >= 11 is 9.45. The van der Waals surface area contributed by atoms with Crippen molar-refractivity contribution in [2.24, 2.45) is 0 Å². The molecule has 0 spiro atoms. The van der Waals surface area contributed by atoms with Crippen LogP contribution in [0.25, 0.3) is 11.0 Å². The summed E-state index contributed by atoms with van der Waals surface area (Å²) in [6.45, 7) is 0.992. The standard InChI is InChI=1S/C12H12BrClN2O2/c1-17-4-5-18-10-2-3-15-9-6-8(7-13)12(14)16-11(9)10/h2-3,6H,4-5,7H2,1H3. The highest BCUT2D eigenvalue weighted by molar-refractivity contribution is 9.08. The van der Waals surface area contributed by atoms with E-state index in [9.17, 15) is 0 Å². The van der Waals surface area contributed by atoms with E-state index in [0.717, 1.165) is 11.1 Å². The minimum atomic E-state index is 0.462. The van der Waals surface area contributed by atoms with Gasteiger partial charge in [-0.25, -0.2) is 4.98 Å². The number of alkyl halides is 1. The molecule has 2 aromatic heterocycles. The molecule has 2 heterocycles. The summed E-state index contributed by atoms with van der Waals surface area (Å²) in [5, 5.41) is 1.11. The number of ether oxygens (including phenoxy) is 2. The fraction of sp³-hybridized carbons (Fsp3) is 0.333. The number of pyridine rings is 2. The van der Waals surface area contributed by atoms with Crippen molar-refractivity contribution in [3.05, 3.63) is 29.0 Å². The summed E-state index contributed by atoms with van der Waals surface area (Å²) < 4.78 is 10.5. The second-order valence-corrected chi connectivity index (χ2v) is 4.51. The van der Waals surface area contributed by atoms with Crippen molar-refractivity contribution in [1.82, 2.24) is 9.97 Å². The van der Waals surface area contributed by atoms with Crippen LogP contribution in [0.1, 0.15) is 5.56 Å². The number of hydrogen-bond acceptors (Lipinski definition) is 4. The van der Waals surface area contributed by atoms with Gasteiger partial charge in [0, 0.05) is 30.3 Å². The zero-order chi connectivity index (χ0) is 13.0. The summed E-state index contributed by atoms with van der Waals surface area (Å²) in [6.07, 6.45) is 1.69. The number of rotatable bonds is 5. The summed E-state index contributed by atoms with van der Waals surface area (Å²) in [4.78, 5) is 8.60. The van der Waals surface area contributed by atoms with Gasteiger partial charge in [0.1, 0.15) is 23.0 Å². The van der Waals surface area contributed by atoms with Gasteiger partial charge in [0.2, 0.25) is 0 Å². The van der Waals surface area contributed by atoms with E-state index < -0.39 is 0 Å². The summed E-state index contributed by atoms with van der Waals surface area (Å²) in [6, 6.07) is 3.68. The molecular weight excluding hydrogens is 320 g/mol. The number of nitrogens with zero attached hydrogens (tertiary/aromatic N) is 2. The van der Waals surface area contributed by atoms with E-state index in [-0.39, 0.29) is 0 Å². The Kier molecular flexibility index (Phi) is 4.74. The molecule has 2 rings (SSSR count). The molecule has 4 nitrogen and oxygen atoms in total. The van der Waals surface area contributed by atoms with Gasteiger partial charge in [-0.15, -0.1) is 0 Å². The topological polar surface area (TPSA) is 44.2 Å². The highest BCUT2D eigenvalue weighted by Gasteiger charge is 2.09. The molecule has 6 heteroatoms. The number of methoxy groups -OCH3 is 1. The van der Waals surface area contributed by atoms with Gasteiger partial charge in [-0.2, -0.15) is 0 Å². The molecule has 0 aliphatic carbocycles. The average Bonchev–Trinajstić information content (AvgIpc) is 2.39. The van der Waals surface area contributed by atoms with Crippen LogP contribution in [0.4, 0.5) is 0 Å². The molecule has 0 N–H and O–H groups in total. The lowest BCUT2D eigenvalue weighted by atomic mass is 10.2. The van der Waals surface area contributed by atoms with Crippen LogP contribution in [0.2, 0.25) is 5.15 Å². The molecule has 0 radical (unpaired) electrons. The van der Waals surface area contributed by atoms with Crippen LogP contribution in [-0.2, 0) is 10.1 Å². The molecule has 0 amide bonds. The van der Waals surface area contributed by atoms with Gasteiger partial charge in [-0.1, -0.05) is 27.5 Å². The first-order valence-corrected chi connectivity index (χ1v) is 6.88. The summed E-state index contributed by atoms with van der Waals surface area (Å²) in [7, 11) is 1.63. The molecule has 2 aromatic rings. The third-order valence-corrected chi connectivity index (χ3v) is 3.32. The summed E-state index contributed by atoms with van der Waals surface area (Å²) in [5.41, 5.74) is 2.35. The number of hydrogen-bond donors (Lipinski definition) is 0. The molecule has 0 saturated carbocycles. The minimum Gasteiger partial charge on any atom is -0.489 e. The van der Waals surface area contributed by atoms with Crippen LogP contribution in [-0.4, -0.2) is 30.3 Å². The Labute approximate surface area is 118 Å². The van der Waals surface area contributed by atoms with Crippen LogP contribution in [0.3, 0.4) is 0 Å². The van der Waals surface area contributed by atoms with Crippen LogP contribution in [0, 0.1) is 0 Å². The first-order chi connectivity index (χ1) is 8.76. The number of fused-ring (bicyclic) bond motifs is 1.